The number of likely N-dealkylation sites (tertiary alicyclic amines) is 1. The van der Waals surface area contributed by atoms with Crippen molar-refractivity contribution in [3.8, 4) is 0 Å². The Hall–Kier alpha value is -0.720. The average molecular weight is 305 g/mol. The topological polar surface area (TPSA) is 23.5 Å². The van der Waals surface area contributed by atoms with Crippen molar-refractivity contribution in [2.45, 2.75) is 36.9 Å². The van der Waals surface area contributed by atoms with Crippen molar-refractivity contribution < 1.29 is 18.3 Å². The Morgan fingerprint density at radius 3 is 2.10 bits per heavy atom. The quantitative estimate of drug-likeness (QED) is 0.819. The molecule has 112 valence electrons. The van der Waals surface area contributed by atoms with Crippen LogP contribution >= 0.6 is 12.6 Å². The molecule has 20 heavy (non-hydrogen) atoms. The summed E-state index contributed by atoms with van der Waals surface area (Å²) < 4.78 is 37.6. The lowest BCUT2D eigenvalue weighted by Gasteiger charge is -2.40. The van der Waals surface area contributed by atoms with E-state index < -0.39 is 17.3 Å². The van der Waals surface area contributed by atoms with Gasteiger partial charge in [-0.15, -0.1) is 0 Å². The van der Waals surface area contributed by atoms with Gasteiger partial charge in [0, 0.05) is 18.5 Å². The average Bonchev–Trinajstić information content (AvgIpc) is 2.38. The summed E-state index contributed by atoms with van der Waals surface area (Å²) in [5.41, 5.74) is -1.17. The largest absolute Gasteiger partial charge is 0.416 e. The van der Waals surface area contributed by atoms with E-state index in [2.05, 4.69) is 17.5 Å². The molecule has 6 heteroatoms. The van der Waals surface area contributed by atoms with E-state index in [4.69, 9.17) is 0 Å². The number of hydrogen-bond donors (Lipinski definition) is 2. The molecule has 1 saturated heterocycles. The second-order valence-electron chi connectivity index (χ2n) is 5.27. The summed E-state index contributed by atoms with van der Waals surface area (Å²) in [7, 11) is 0. The molecule has 0 saturated carbocycles. The molecule has 0 aliphatic carbocycles. The fourth-order valence-electron chi connectivity index (χ4n) is 2.53. The fraction of sp³-hybridized carbons (Fsp3) is 0.571. The van der Waals surface area contributed by atoms with E-state index >= 15 is 0 Å². The van der Waals surface area contributed by atoms with Crippen LogP contribution in [0, 0.1) is 0 Å². The Morgan fingerprint density at radius 2 is 1.70 bits per heavy atom. The molecule has 0 amide bonds. The lowest BCUT2D eigenvalue weighted by atomic mass is 9.84. The summed E-state index contributed by atoms with van der Waals surface area (Å²) in [6, 6.07) is 4.81. The minimum Gasteiger partial charge on any atom is -0.385 e. The Balaban J connectivity index is 2.12. The highest BCUT2D eigenvalue weighted by Crippen LogP contribution is 2.36. The van der Waals surface area contributed by atoms with Crippen LogP contribution in [-0.4, -0.2) is 28.5 Å². The molecule has 0 bridgehead atoms. The van der Waals surface area contributed by atoms with Crippen molar-refractivity contribution in [1.29, 1.82) is 0 Å². The first kappa shape index (κ1) is 15.7. The zero-order chi connectivity index (χ0) is 15.0. The second-order valence-corrected chi connectivity index (χ2v) is 6.02. The second kappa shape index (κ2) is 5.58. The van der Waals surface area contributed by atoms with Gasteiger partial charge in [-0.3, -0.25) is 4.90 Å². The molecule has 1 heterocycles. The first-order valence-electron chi connectivity index (χ1n) is 6.55. The molecule has 1 N–H and O–H groups in total. The van der Waals surface area contributed by atoms with Gasteiger partial charge in [-0.1, -0.05) is 12.1 Å². The molecule has 1 fully saturated rings. The third-order valence-electron chi connectivity index (χ3n) is 3.90. The predicted octanol–water partition coefficient (Wildman–Crippen LogP) is 3.26. The highest BCUT2D eigenvalue weighted by molar-refractivity contribution is 7.80. The molecule has 0 radical (unpaired) electrons. The zero-order valence-electron chi connectivity index (χ0n) is 11.2. The van der Waals surface area contributed by atoms with Gasteiger partial charge in [0.2, 0.25) is 0 Å². The summed E-state index contributed by atoms with van der Waals surface area (Å²) in [5.74, 6) is 0. The third-order valence-corrected chi connectivity index (χ3v) is 4.23. The van der Waals surface area contributed by atoms with E-state index in [0.29, 0.717) is 31.5 Å². The normalized spacial score (nSPS) is 21.7. The van der Waals surface area contributed by atoms with E-state index in [1.807, 2.05) is 6.92 Å². The molecule has 1 atom stereocenters. The fourth-order valence-corrected chi connectivity index (χ4v) is 2.76. The molecular weight excluding hydrogens is 287 g/mol. The Morgan fingerprint density at radius 1 is 1.20 bits per heavy atom. The number of aliphatic hydroxyl groups is 1. The summed E-state index contributed by atoms with van der Waals surface area (Å²) in [6.07, 6.45) is -3.33. The van der Waals surface area contributed by atoms with Crippen molar-refractivity contribution >= 4 is 12.6 Å². The Labute approximate surface area is 122 Å². The lowest BCUT2D eigenvalue weighted by molar-refractivity contribution is -0.137. The minimum atomic E-state index is -4.34. The van der Waals surface area contributed by atoms with Gasteiger partial charge in [-0.2, -0.15) is 25.8 Å². The number of nitrogens with zero attached hydrogens (tertiary/aromatic N) is 1. The first-order chi connectivity index (χ1) is 9.22. The van der Waals surface area contributed by atoms with E-state index in [-0.39, 0.29) is 5.37 Å². The maximum absolute atomic E-state index is 12.5. The molecule has 0 aromatic heterocycles. The molecule has 1 aromatic carbocycles. The third kappa shape index (κ3) is 3.30. The highest BCUT2D eigenvalue weighted by Gasteiger charge is 2.36. The number of rotatable bonds is 2. The van der Waals surface area contributed by atoms with E-state index in [9.17, 15) is 18.3 Å². The maximum Gasteiger partial charge on any atom is 0.416 e. The van der Waals surface area contributed by atoms with Gasteiger partial charge in [0.1, 0.15) is 0 Å². The van der Waals surface area contributed by atoms with Crippen molar-refractivity contribution in [1.82, 2.24) is 4.90 Å². The Kier molecular flexibility index (Phi) is 4.37. The molecule has 1 unspecified atom stereocenters. The van der Waals surface area contributed by atoms with Crippen LogP contribution in [0.4, 0.5) is 13.2 Å². The van der Waals surface area contributed by atoms with Gasteiger partial charge >= 0.3 is 6.18 Å². The lowest BCUT2D eigenvalue weighted by Crippen LogP contribution is -2.44. The van der Waals surface area contributed by atoms with Crippen molar-refractivity contribution in [2.24, 2.45) is 0 Å². The monoisotopic (exact) mass is 305 g/mol. The standard InChI is InChI=1S/C14H18F3NOS/c1-10(20)18-8-6-13(19,7-9-18)11-2-4-12(5-3-11)14(15,16)17/h2-5,10,19-20H,6-9H2,1H3. The van der Waals surface area contributed by atoms with Crippen LogP contribution in [0.15, 0.2) is 24.3 Å². The molecule has 2 nitrogen and oxygen atoms in total. The molecule has 0 spiro atoms. The van der Waals surface area contributed by atoms with Gasteiger partial charge in [-0.05, 0) is 37.5 Å². The number of benzene rings is 1. The number of alkyl halides is 3. The number of piperidine rings is 1. The van der Waals surface area contributed by atoms with Gasteiger partial charge in [0.05, 0.1) is 11.2 Å². The van der Waals surface area contributed by atoms with Gasteiger partial charge in [-0.25, -0.2) is 0 Å². The van der Waals surface area contributed by atoms with Gasteiger partial charge < -0.3 is 5.11 Å². The molecule has 2 rings (SSSR count). The van der Waals surface area contributed by atoms with Crippen LogP contribution in [0.25, 0.3) is 0 Å². The van der Waals surface area contributed by atoms with Crippen LogP contribution in [-0.2, 0) is 11.8 Å². The number of hydrogen-bond acceptors (Lipinski definition) is 3. The van der Waals surface area contributed by atoms with Crippen LogP contribution in [0.1, 0.15) is 30.9 Å². The first-order valence-corrected chi connectivity index (χ1v) is 7.06. The maximum atomic E-state index is 12.5. The SMILES string of the molecule is CC(S)N1CCC(O)(c2ccc(C(F)(F)F)cc2)CC1. The van der Waals surface area contributed by atoms with E-state index in [1.54, 1.807) is 0 Å². The molecule has 1 aliphatic heterocycles. The van der Waals surface area contributed by atoms with Crippen molar-refractivity contribution in [2.75, 3.05) is 13.1 Å². The van der Waals surface area contributed by atoms with Crippen molar-refractivity contribution in [3.05, 3.63) is 35.4 Å². The summed E-state index contributed by atoms with van der Waals surface area (Å²) in [5, 5.41) is 10.7. The van der Waals surface area contributed by atoms with Crippen LogP contribution in [0.2, 0.25) is 0 Å². The smallest absolute Gasteiger partial charge is 0.385 e. The van der Waals surface area contributed by atoms with Gasteiger partial charge in [0.15, 0.2) is 0 Å². The van der Waals surface area contributed by atoms with E-state index in [1.165, 1.54) is 12.1 Å². The van der Waals surface area contributed by atoms with Crippen LogP contribution in [0.3, 0.4) is 0 Å². The molecule has 1 aliphatic rings. The minimum absolute atomic E-state index is 0.118. The molecular formula is C14H18F3NOS. The molecule has 1 aromatic rings. The summed E-state index contributed by atoms with van der Waals surface area (Å²) in [6.45, 7) is 3.33. The zero-order valence-corrected chi connectivity index (χ0v) is 12.1. The van der Waals surface area contributed by atoms with Crippen LogP contribution in [0.5, 0.6) is 0 Å². The summed E-state index contributed by atoms with van der Waals surface area (Å²) >= 11 is 4.35. The van der Waals surface area contributed by atoms with Gasteiger partial charge in [0.25, 0.3) is 0 Å². The predicted molar refractivity (Wildman–Crippen MR) is 74.6 cm³/mol. The van der Waals surface area contributed by atoms with Crippen molar-refractivity contribution in [3.63, 3.8) is 0 Å². The number of halogens is 3. The van der Waals surface area contributed by atoms with Crippen LogP contribution < -0.4 is 0 Å². The Bertz CT molecular complexity index is 450. The van der Waals surface area contributed by atoms with E-state index in [0.717, 1.165) is 12.1 Å². The number of thiol groups is 1. The summed E-state index contributed by atoms with van der Waals surface area (Å²) in [4.78, 5) is 2.13. The highest BCUT2D eigenvalue weighted by atomic mass is 32.1.